The number of nitrogens with zero attached hydrogens (tertiary/aromatic N) is 2. The van der Waals surface area contributed by atoms with Crippen LogP contribution in [0.2, 0.25) is 0 Å². The molecule has 1 aromatic carbocycles. The number of anilines is 1. The van der Waals surface area contributed by atoms with Gasteiger partial charge in [-0.3, -0.25) is 9.69 Å². The molecule has 0 amide bonds. The minimum atomic E-state index is -0.218. The summed E-state index contributed by atoms with van der Waals surface area (Å²) in [6.07, 6.45) is 0.753. The predicted octanol–water partition coefficient (Wildman–Crippen LogP) is 1.90. The number of rotatable bonds is 4. The van der Waals surface area contributed by atoms with E-state index in [0.29, 0.717) is 0 Å². The summed E-state index contributed by atoms with van der Waals surface area (Å²) in [7, 11) is 1.43. The van der Waals surface area contributed by atoms with Crippen LogP contribution in [-0.4, -0.2) is 50.2 Å². The lowest BCUT2D eigenvalue weighted by molar-refractivity contribution is -0.147. The van der Waals surface area contributed by atoms with Crippen molar-refractivity contribution in [2.75, 3.05) is 38.2 Å². The molecule has 0 unspecified atom stereocenters. The highest BCUT2D eigenvalue weighted by Gasteiger charge is 2.28. The minimum absolute atomic E-state index is 0.157. The zero-order valence-electron chi connectivity index (χ0n) is 12.0. The molecule has 1 fully saturated rings. The quantitative estimate of drug-likeness (QED) is 0.789. The lowest BCUT2D eigenvalue weighted by Crippen LogP contribution is -2.52. The van der Waals surface area contributed by atoms with E-state index in [2.05, 4.69) is 9.80 Å². The largest absolute Gasteiger partial charge is 0.468 e. The van der Waals surface area contributed by atoms with Gasteiger partial charge in [-0.25, -0.2) is 4.39 Å². The molecule has 20 heavy (non-hydrogen) atoms. The molecule has 2 rings (SSSR count). The first-order valence-electron chi connectivity index (χ1n) is 6.98. The molecular weight excluding hydrogens is 259 g/mol. The Kier molecular flexibility index (Phi) is 4.95. The van der Waals surface area contributed by atoms with Gasteiger partial charge >= 0.3 is 5.97 Å². The molecule has 0 radical (unpaired) electrons. The van der Waals surface area contributed by atoms with Crippen LogP contribution in [0.5, 0.6) is 0 Å². The number of esters is 1. The lowest BCUT2D eigenvalue weighted by Gasteiger charge is -2.38. The Morgan fingerprint density at radius 3 is 2.35 bits per heavy atom. The zero-order chi connectivity index (χ0) is 14.5. The van der Waals surface area contributed by atoms with Crippen molar-refractivity contribution in [1.29, 1.82) is 0 Å². The van der Waals surface area contributed by atoms with Gasteiger partial charge in [-0.05, 0) is 30.7 Å². The third kappa shape index (κ3) is 3.28. The molecule has 1 heterocycles. The van der Waals surface area contributed by atoms with Crippen molar-refractivity contribution < 1.29 is 13.9 Å². The molecular formula is C15H21FN2O2. The van der Waals surface area contributed by atoms with Gasteiger partial charge in [0.2, 0.25) is 0 Å². The molecule has 1 aliphatic rings. The highest BCUT2D eigenvalue weighted by atomic mass is 19.1. The van der Waals surface area contributed by atoms with Gasteiger partial charge < -0.3 is 9.64 Å². The van der Waals surface area contributed by atoms with Crippen molar-refractivity contribution in [2.45, 2.75) is 19.4 Å². The van der Waals surface area contributed by atoms with Gasteiger partial charge in [-0.2, -0.15) is 0 Å². The van der Waals surface area contributed by atoms with Gasteiger partial charge in [0.05, 0.1) is 7.11 Å². The van der Waals surface area contributed by atoms with Crippen molar-refractivity contribution in [3.8, 4) is 0 Å². The second-order valence-corrected chi connectivity index (χ2v) is 4.95. The van der Waals surface area contributed by atoms with Crippen LogP contribution in [0, 0.1) is 5.82 Å². The number of methoxy groups -OCH3 is 1. The monoisotopic (exact) mass is 280 g/mol. The van der Waals surface area contributed by atoms with Crippen molar-refractivity contribution in [3.63, 3.8) is 0 Å². The van der Waals surface area contributed by atoms with E-state index >= 15 is 0 Å². The number of piperazine rings is 1. The Morgan fingerprint density at radius 2 is 1.85 bits per heavy atom. The summed E-state index contributed by atoms with van der Waals surface area (Å²) in [4.78, 5) is 16.1. The average molecular weight is 280 g/mol. The van der Waals surface area contributed by atoms with Crippen molar-refractivity contribution in [2.24, 2.45) is 0 Å². The normalized spacial score (nSPS) is 17.9. The number of halogens is 1. The smallest absolute Gasteiger partial charge is 0.323 e. The number of hydrogen-bond donors (Lipinski definition) is 0. The van der Waals surface area contributed by atoms with Crippen molar-refractivity contribution in [1.82, 2.24) is 4.90 Å². The van der Waals surface area contributed by atoms with Gasteiger partial charge in [0.1, 0.15) is 11.9 Å². The summed E-state index contributed by atoms with van der Waals surface area (Å²) in [5.74, 6) is -0.383. The van der Waals surface area contributed by atoms with Crippen LogP contribution in [0.4, 0.5) is 10.1 Å². The first-order valence-corrected chi connectivity index (χ1v) is 6.98. The zero-order valence-corrected chi connectivity index (χ0v) is 12.0. The molecule has 0 bridgehead atoms. The molecule has 0 saturated carbocycles. The molecule has 0 aromatic heterocycles. The third-order valence-electron chi connectivity index (χ3n) is 3.81. The van der Waals surface area contributed by atoms with Crippen LogP contribution in [0.3, 0.4) is 0 Å². The number of hydrogen-bond acceptors (Lipinski definition) is 4. The van der Waals surface area contributed by atoms with Crippen LogP contribution < -0.4 is 4.90 Å². The first kappa shape index (κ1) is 14.8. The molecule has 1 aliphatic heterocycles. The van der Waals surface area contributed by atoms with E-state index in [9.17, 15) is 9.18 Å². The van der Waals surface area contributed by atoms with Crippen LogP contribution >= 0.6 is 0 Å². The lowest BCUT2D eigenvalue weighted by atomic mass is 10.1. The van der Waals surface area contributed by atoms with E-state index < -0.39 is 0 Å². The maximum atomic E-state index is 12.9. The van der Waals surface area contributed by atoms with Crippen LogP contribution in [-0.2, 0) is 9.53 Å². The van der Waals surface area contributed by atoms with Crippen molar-refractivity contribution in [3.05, 3.63) is 30.1 Å². The summed E-state index contributed by atoms with van der Waals surface area (Å²) in [6, 6.07) is 6.39. The third-order valence-corrected chi connectivity index (χ3v) is 3.81. The van der Waals surface area contributed by atoms with Crippen LogP contribution in [0.1, 0.15) is 13.3 Å². The number of carbonyl (C=O) groups is 1. The standard InChI is InChI=1S/C15H21FN2O2/c1-3-14(15(19)20-2)18-10-8-17(9-11-18)13-6-4-12(16)5-7-13/h4-7,14H,3,8-11H2,1-2H3/t14-/m0/s1. The highest BCUT2D eigenvalue weighted by Crippen LogP contribution is 2.18. The molecule has 0 aliphatic carbocycles. The maximum absolute atomic E-state index is 12.9. The summed E-state index contributed by atoms with van der Waals surface area (Å²) in [5.41, 5.74) is 1.03. The molecule has 0 spiro atoms. The van der Waals surface area contributed by atoms with E-state index in [1.54, 1.807) is 12.1 Å². The van der Waals surface area contributed by atoms with E-state index in [1.165, 1.54) is 19.2 Å². The fourth-order valence-corrected chi connectivity index (χ4v) is 2.65. The summed E-state index contributed by atoms with van der Waals surface area (Å²) < 4.78 is 17.8. The Labute approximate surface area is 119 Å². The fraction of sp³-hybridized carbons (Fsp3) is 0.533. The first-order chi connectivity index (χ1) is 9.65. The van der Waals surface area contributed by atoms with Gasteiger partial charge in [0.15, 0.2) is 0 Å². The van der Waals surface area contributed by atoms with Gasteiger partial charge in [-0.15, -0.1) is 0 Å². The Balaban J connectivity index is 1.94. The predicted molar refractivity (Wildman–Crippen MR) is 76.3 cm³/mol. The van der Waals surface area contributed by atoms with Crippen LogP contribution in [0.15, 0.2) is 24.3 Å². The number of carbonyl (C=O) groups excluding carboxylic acids is 1. The molecule has 1 atom stereocenters. The number of ether oxygens (including phenoxy) is 1. The topological polar surface area (TPSA) is 32.8 Å². The number of benzene rings is 1. The second kappa shape index (κ2) is 6.70. The molecule has 0 N–H and O–H groups in total. The van der Waals surface area contributed by atoms with E-state index in [0.717, 1.165) is 38.3 Å². The molecule has 1 aromatic rings. The van der Waals surface area contributed by atoms with Gasteiger partial charge in [0, 0.05) is 31.9 Å². The Bertz CT molecular complexity index is 442. The van der Waals surface area contributed by atoms with Crippen molar-refractivity contribution >= 4 is 11.7 Å². The van der Waals surface area contributed by atoms with Gasteiger partial charge in [0.25, 0.3) is 0 Å². The molecule has 1 saturated heterocycles. The van der Waals surface area contributed by atoms with E-state index in [-0.39, 0.29) is 17.8 Å². The van der Waals surface area contributed by atoms with E-state index in [4.69, 9.17) is 4.74 Å². The molecule has 5 heteroatoms. The second-order valence-electron chi connectivity index (χ2n) is 4.95. The molecule has 4 nitrogen and oxygen atoms in total. The molecule has 110 valence electrons. The van der Waals surface area contributed by atoms with E-state index in [1.807, 2.05) is 6.92 Å². The highest BCUT2D eigenvalue weighted by molar-refractivity contribution is 5.75. The SMILES string of the molecule is CC[C@@H](C(=O)OC)N1CCN(c2ccc(F)cc2)CC1. The minimum Gasteiger partial charge on any atom is -0.468 e. The fourth-order valence-electron chi connectivity index (χ4n) is 2.65. The summed E-state index contributed by atoms with van der Waals surface area (Å²) in [5, 5.41) is 0. The Hall–Kier alpha value is -1.62. The summed E-state index contributed by atoms with van der Waals surface area (Å²) >= 11 is 0. The maximum Gasteiger partial charge on any atom is 0.323 e. The average Bonchev–Trinajstić information content (AvgIpc) is 2.49. The van der Waals surface area contributed by atoms with Crippen LogP contribution in [0.25, 0.3) is 0 Å². The Morgan fingerprint density at radius 1 is 1.25 bits per heavy atom. The summed E-state index contributed by atoms with van der Waals surface area (Å²) in [6.45, 7) is 5.28. The van der Waals surface area contributed by atoms with Gasteiger partial charge in [-0.1, -0.05) is 6.92 Å².